The van der Waals surface area contributed by atoms with Gasteiger partial charge in [-0.05, 0) is 25.7 Å². The van der Waals surface area contributed by atoms with E-state index in [-0.39, 0.29) is 5.91 Å². The molecule has 1 aromatic carbocycles. The molecule has 2 heterocycles. The molecule has 7 heteroatoms. The quantitative estimate of drug-likeness (QED) is 0.578. The van der Waals surface area contributed by atoms with E-state index in [1.807, 2.05) is 18.2 Å². The minimum Gasteiger partial charge on any atom is -0.359 e. The molecule has 1 amide bonds. The van der Waals surface area contributed by atoms with Gasteiger partial charge in [0.1, 0.15) is 5.01 Å². The molecule has 0 spiro atoms. The van der Waals surface area contributed by atoms with E-state index >= 15 is 0 Å². The van der Waals surface area contributed by atoms with Crippen LogP contribution in [0.25, 0.3) is 10.6 Å². The summed E-state index contributed by atoms with van der Waals surface area (Å²) >= 11 is 1.66. The van der Waals surface area contributed by atoms with Crippen molar-refractivity contribution < 1.29 is 4.79 Å². The Bertz CT molecular complexity index is 781. The van der Waals surface area contributed by atoms with Crippen LogP contribution < -0.4 is 10.6 Å². The maximum absolute atomic E-state index is 11.6. The molecule has 0 atom stereocenters. The van der Waals surface area contributed by atoms with Crippen molar-refractivity contribution in [2.75, 3.05) is 26.7 Å². The third-order valence-corrected chi connectivity index (χ3v) is 5.91. The Kier molecular flexibility index (Phi) is 7.42. The lowest BCUT2D eigenvalue weighted by Gasteiger charge is -2.34. The summed E-state index contributed by atoms with van der Waals surface area (Å²) in [5.74, 6) is 1.54. The number of rotatable bonds is 6. The number of carbonyl (C=O) groups excluding carboxylic acids is 1. The monoisotopic (exact) mass is 399 g/mol. The zero-order valence-electron chi connectivity index (χ0n) is 16.6. The van der Waals surface area contributed by atoms with Crippen LogP contribution in [-0.4, -0.2) is 48.4 Å². The molecular formula is C21H29N5OS. The summed E-state index contributed by atoms with van der Waals surface area (Å²) < 4.78 is 0. The number of hydrogen-bond donors (Lipinski definition) is 2. The Morgan fingerprint density at radius 2 is 2.04 bits per heavy atom. The van der Waals surface area contributed by atoms with E-state index in [0.717, 1.165) is 54.7 Å². The van der Waals surface area contributed by atoms with Crippen molar-refractivity contribution >= 4 is 23.2 Å². The molecule has 2 aromatic rings. The van der Waals surface area contributed by atoms with E-state index in [0.29, 0.717) is 18.9 Å². The van der Waals surface area contributed by atoms with Gasteiger partial charge in [0.05, 0.1) is 12.2 Å². The van der Waals surface area contributed by atoms with Crippen LogP contribution >= 0.6 is 11.3 Å². The fraction of sp³-hybridized carbons (Fsp3) is 0.476. The molecule has 0 aliphatic carbocycles. The second-order valence-electron chi connectivity index (χ2n) is 6.99. The van der Waals surface area contributed by atoms with Gasteiger partial charge in [0.2, 0.25) is 5.91 Å². The highest BCUT2D eigenvalue weighted by atomic mass is 32.1. The second kappa shape index (κ2) is 10.2. The predicted octanol–water partition coefficient (Wildman–Crippen LogP) is 3.12. The van der Waals surface area contributed by atoms with E-state index in [9.17, 15) is 4.79 Å². The zero-order valence-corrected chi connectivity index (χ0v) is 17.5. The van der Waals surface area contributed by atoms with Gasteiger partial charge >= 0.3 is 0 Å². The number of nitrogens with zero attached hydrogens (tertiary/aromatic N) is 3. The first-order valence-corrected chi connectivity index (χ1v) is 10.8. The number of aliphatic imine (C=N–C) groups is 1. The molecule has 0 bridgehead atoms. The SMILES string of the molecule is CCNC(=NCc1csc(-c2ccccc2)n1)N1CCC(CC(=O)NC)CC1. The van der Waals surface area contributed by atoms with Crippen LogP contribution in [0.3, 0.4) is 0 Å². The zero-order chi connectivity index (χ0) is 19.8. The largest absolute Gasteiger partial charge is 0.359 e. The number of nitrogens with one attached hydrogen (secondary N) is 2. The van der Waals surface area contributed by atoms with Gasteiger partial charge in [-0.3, -0.25) is 4.79 Å². The Balaban J connectivity index is 1.59. The van der Waals surface area contributed by atoms with Gasteiger partial charge in [0, 0.05) is 44.0 Å². The molecule has 3 rings (SSSR count). The highest BCUT2D eigenvalue weighted by molar-refractivity contribution is 7.13. The normalized spacial score (nSPS) is 15.5. The van der Waals surface area contributed by atoms with Crippen LogP contribution in [0.1, 0.15) is 31.9 Å². The van der Waals surface area contributed by atoms with Crippen LogP contribution in [0.5, 0.6) is 0 Å². The number of thiazole rings is 1. The first kappa shape index (κ1) is 20.3. The van der Waals surface area contributed by atoms with Crippen LogP contribution in [0, 0.1) is 5.92 Å². The fourth-order valence-corrected chi connectivity index (χ4v) is 4.20. The molecule has 0 radical (unpaired) electrons. The number of piperidine rings is 1. The average molecular weight is 400 g/mol. The molecule has 1 aliphatic heterocycles. The Morgan fingerprint density at radius 3 is 2.71 bits per heavy atom. The third kappa shape index (κ3) is 5.55. The van der Waals surface area contributed by atoms with Crippen LogP contribution in [0.15, 0.2) is 40.7 Å². The lowest BCUT2D eigenvalue weighted by atomic mass is 9.93. The maximum Gasteiger partial charge on any atom is 0.220 e. The molecule has 1 fully saturated rings. The standard InChI is InChI=1S/C21H29N5OS/c1-3-23-21(26-11-9-16(10-12-26)13-19(27)22-2)24-14-18-15-28-20(25-18)17-7-5-4-6-8-17/h4-8,15-16H,3,9-14H2,1-2H3,(H,22,27)(H,23,24). The lowest BCUT2D eigenvalue weighted by Crippen LogP contribution is -2.46. The summed E-state index contributed by atoms with van der Waals surface area (Å²) in [5, 5.41) is 9.25. The first-order chi connectivity index (χ1) is 13.7. The third-order valence-electron chi connectivity index (χ3n) is 4.97. The van der Waals surface area contributed by atoms with Gasteiger partial charge in [-0.15, -0.1) is 11.3 Å². The Hall–Kier alpha value is -2.41. The number of hydrogen-bond acceptors (Lipinski definition) is 4. The Morgan fingerprint density at radius 1 is 1.29 bits per heavy atom. The molecular weight excluding hydrogens is 370 g/mol. The summed E-state index contributed by atoms with van der Waals surface area (Å²) in [7, 11) is 1.70. The number of aromatic nitrogens is 1. The van der Waals surface area contributed by atoms with Gasteiger partial charge < -0.3 is 15.5 Å². The molecule has 1 saturated heterocycles. The molecule has 28 heavy (non-hydrogen) atoms. The van der Waals surface area contributed by atoms with Gasteiger partial charge in [-0.1, -0.05) is 30.3 Å². The van der Waals surface area contributed by atoms with Crippen molar-refractivity contribution in [3.8, 4) is 10.6 Å². The van der Waals surface area contributed by atoms with E-state index in [4.69, 9.17) is 9.98 Å². The number of amides is 1. The Labute approximate surface area is 171 Å². The minimum atomic E-state index is 0.136. The highest BCUT2D eigenvalue weighted by Gasteiger charge is 2.23. The smallest absolute Gasteiger partial charge is 0.220 e. The van der Waals surface area contributed by atoms with Gasteiger partial charge in [0.15, 0.2) is 5.96 Å². The summed E-state index contributed by atoms with van der Waals surface area (Å²) in [6.07, 6.45) is 2.67. The van der Waals surface area contributed by atoms with E-state index in [1.165, 1.54) is 0 Å². The van der Waals surface area contributed by atoms with Gasteiger partial charge in [0.25, 0.3) is 0 Å². The summed E-state index contributed by atoms with van der Waals surface area (Å²) in [4.78, 5) is 23.4. The molecule has 1 aromatic heterocycles. The highest BCUT2D eigenvalue weighted by Crippen LogP contribution is 2.24. The fourth-order valence-electron chi connectivity index (χ4n) is 3.39. The topological polar surface area (TPSA) is 69.6 Å². The lowest BCUT2D eigenvalue weighted by molar-refractivity contribution is -0.121. The predicted molar refractivity (Wildman–Crippen MR) is 115 cm³/mol. The van der Waals surface area contributed by atoms with Crippen molar-refractivity contribution in [3.05, 3.63) is 41.4 Å². The summed E-state index contributed by atoms with van der Waals surface area (Å²) in [6, 6.07) is 10.2. The van der Waals surface area contributed by atoms with Crippen molar-refractivity contribution in [1.29, 1.82) is 0 Å². The van der Waals surface area contributed by atoms with Gasteiger partial charge in [-0.25, -0.2) is 9.98 Å². The summed E-state index contributed by atoms with van der Waals surface area (Å²) in [6.45, 7) is 5.36. The van der Waals surface area contributed by atoms with E-state index in [1.54, 1.807) is 18.4 Å². The van der Waals surface area contributed by atoms with Crippen LogP contribution in [0.2, 0.25) is 0 Å². The maximum atomic E-state index is 11.6. The van der Waals surface area contributed by atoms with Crippen molar-refractivity contribution in [2.24, 2.45) is 10.9 Å². The molecule has 2 N–H and O–H groups in total. The van der Waals surface area contributed by atoms with Crippen molar-refractivity contribution in [3.63, 3.8) is 0 Å². The van der Waals surface area contributed by atoms with Crippen LogP contribution in [-0.2, 0) is 11.3 Å². The molecule has 0 saturated carbocycles. The number of carbonyl (C=O) groups is 1. The second-order valence-corrected chi connectivity index (χ2v) is 7.85. The molecule has 0 unspecified atom stereocenters. The van der Waals surface area contributed by atoms with Crippen LogP contribution in [0.4, 0.5) is 0 Å². The number of benzene rings is 1. The number of guanidine groups is 1. The number of likely N-dealkylation sites (tertiary alicyclic amines) is 1. The van der Waals surface area contributed by atoms with E-state index < -0.39 is 0 Å². The average Bonchev–Trinajstić information content (AvgIpc) is 3.21. The van der Waals surface area contributed by atoms with Crippen molar-refractivity contribution in [2.45, 2.75) is 32.7 Å². The molecule has 1 aliphatic rings. The molecule has 6 nitrogen and oxygen atoms in total. The summed E-state index contributed by atoms with van der Waals surface area (Å²) in [5.41, 5.74) is 2.14. The van der Waals surface area contributed by atoms with Gasteiger partial charge in [-0.2, -0.15) is 0 Å². The first-order valence-electron chi connectivity index (χ1n) is 9.93. The minimum absolute atomic E-state index is 0.136. The molecule has 150 valence electrons. The van der Waals surface area contributed by atoms with Crippen molar-refractivity contribution in [1.82, 2.24) is 20.5 Å². The van der Waals surface area contributed by atoms with E-state index in [2.05, 4.69) is 40.0 Å².